The van der Waals surface area contributed by atoms with Gasteiger partial charge in [-0.3, -0.25) is 52.4 Å². The maximum atomic E-state index is 14.4. The first-order valence-electron chi connectivity index (χ1n) is 34.2. The van der Waals surface area contributed by atoms with E-state index in [4.69, 9.17) is 25.2 Å². The van der Waals surface area contributed by atoms with Crippen molar-refractivity contribution in [3.05, 3.63) is 115 Å². The summed E-state index contributed by atoms with van der Waals surface area (Å²) in [7, 11) is -12.8. The number of nitrogen functional groups attached to an aromatic ring is 1. The number of anilines is 1. The topological polar surface area (TPSA) is 540 Å². The first-order valence-corrected chi connectivity index (χ1v) is 41.2. The molecule has 15 N–H and O–H groups in total. The van der Waals surface area contributed by atoms with Gasteiger partial charge in [0, 0.05) is 87.5 Å². The number of carboxylic acid groups (broad SMARTS) is 3. The van der Waals surface area contributed by atoms with E-state index in [1.54, 1.807) is 11.9 Å². The molecular formula is C67H91N10O25P3S2. The van der Waals surface area contributed by atoms with Crippen LogP contribution < -0.4 is 38.0 Å². The van der Waals surface area contributed by atoms with Gasteiger partial charge in [-0.05, 0) is 111 Å². The molecular weight excluding hydrogens is 1500 g/mol. The maximum absolute atomic E-state index is 14.4. The number of aliphatic hydroxyl groups excluding tert-OH is 1. The van der Waals surface area contributed by atoms with Gasteiger partial charge in [0.15, 0.2) is 0 Å². The largest absolute Gasteiger partial charge is 0.490 e. The Kier molecular flexibility index (Phi) is 34.2. The molecule has 2 heterocycles. The van der Waals surface area contributed by atoms with Gasteiger partial charge < -0.3 is 82.0 Å². The zero-order valence-corrected chi connectivity index (χ0v) is 63.7. The number of benzene rings is 2. The van der Waals surface area contributed by atoms with Crippen molar-refractivity contribution in [1.29, 1.82) is 0 Å². The molecule has 0 bridgehead atoms. The molecule has 0 spiro atoms. The molecule has 6 amide bonds. The number of aliphatic carboxylic acids is 3. The lowest BCUT2D eigenvalue weighted by atomic mass is 9.65. The van der Waals surface area contributed by atoms with Gasteiger partial charge in [-0.15, -0.1) is 0 Å². The number of carboxylic acids is 3. The Hall–Kier alpha value is -7.91. The fourth-order valence-electron chi connectivity index (χ4n) is 12.0. The third kappa shape index (κ3) is 28.2. The van der Waals surface area contributed by atoms with E-state index in [1.165, 1.54) is 49.4 Å². The number of phosphoric acid groups is 3. The van der Waals surface area contributed by atoms with E-state index in [0.717, 1.165) is 46.9 Å². The number of hydrogen-bond donors (Lipinski definition) is 14. The average Bonchev–Trinajstić information content (AvgIpc) is 1.14. The highest BCUT2D eigenvalue weighted by Crippen LogP contribution is 2.66. The normalized spacial score (nSPS) is 19.1. The Balaban J connectivity index is 0.954. The van der Waals surface area contributed by atoms with Crippen LogP contribution in [0.25, 0.3) is 0 Å². The number of carbonyl (C=O) groups excluding carboxylic acids is 6. The van der Waals surface area contributed by atoms with Crippen LogP contribution in [0.1, 0.15) is 160 Å². The highest BCUT2D eigenvalue weighted by Gasteiger charge is 2.44. The van der Waals surface area contributed by atoms with E-state index in [-0.39, 0.29) is 92.4 Å². The lowest BCUT2D eigenvalue weighted by Gasteiger charge is -2.38. The number of aryl methyl sites for hydroxylation is 2. The highest BCUT2D eigenvalue weighted by atomic mass is 33.1. The van der Waals surface area contributed by atoms with Crippen LogP contribution in [0.2, 0.25) is 0 Å². The number of amides is 6. The van der Waals surface area contributed by atoms with Gasteiger partial charge in [0.1, 0.15) is 36.3 Å². The molecule has 1 fully saturated rings. The van der Waals surface area contributed by atoms with Gasteiger partial charge in [0.25, 0.3) is 5.91 Å². The van der Waals surface area contributed by atoms with Crippen molar-refractivity contribution in [3.63, 3.8) is 0 Å². The maximum Gasteiger partial charge on any atom is 0.490 e. The van der Waals surface area contributed by atoms with E-state index in [2.05, 4.69) is 102 Å². The van der Waals surface area contributed by atoms with Crippen molar-refractivity contribution in [3.8, 4) is 11.8 Å². The summed E-state index contributed by atoms with van der Waals surface area (Å²) in [6, 6.07) is 7.19. The molecule has 35 nitrogen and oxygen atoms in total. The molecule has 0 saturated carbocycles. The molecule has 1 aliphatic heterocycles. The van der Waals surface area contributed by atoms with Crippen LogP contribution in [-0.2, 0) is 82.8 Å². The predicted octanol–water partition coefficient (Wildman–Crippen LogP) is 4.47. The summed E-state index contributed by atoms with van der Waals surface area (Å²) in [4.78, 5) is 175. The van der Waals surface area contributed by atoms with E-state index in [1.807, 2.05) is 30.4 Å². The number of nitrogens with zero attached hydrogens (tertiary/aromatic N) is 4. The summed E-state index contributed by atoms with van der Waals surface area (Å²) in [5.74, 6) is -3.10. The minimum Gasteiger partial charge on any atom is -0.481 e. The van der Waals surface area contributed by atoms with Gasteiger partial charge in [-0.25, -0.2) is 23.3 Å². The first-order chi connectivity index (χ1) is 50.5. The summed E-state index contributed by atoms with van der Waals surface area (Å²) < 4.78 is 53.0. The number of nitrogens with two attached hydrogens (primary N) is 1. The van der Waals surface area contributed by atoms with Crippen molar-refractivity contribution in [2.45, 2.75) is 166 Å². The molecule has 586 valence electrons. The molecule has 0 radical (unpaired) electrons. The summed E-state index contributed by atoms with van der Waals surface area (Å²) in [6.07, 6.45) is 3.64. The summed E-state index contributed by atoms with van der Waals surface area (Å²) in [5, 5.41) is 51.1. The van der Waals surface area contributed by atoms with Crippen LogP contribution in [0.15, 0.2) is 75.7 Å². The van der Waals surface area contributed by atoms with Crippen LogP contribution in [0, 0.1) is 24.7 Å². The molecule has 107 heavy (non-hydrogen) atoms. The predicted molar refractivity (Wildman–Crippen MR) is 392 cm³/mol. The molecule has 6 rings (SSSR count). The third-order valence-corrected chi connectivity index (χ3v) is 23.4. The van der Waals surface area contributed by atoms with Crippen molar-refractivity contribution < 1.29 is 115 Å². The lowest BCUT2D eigenvalue weighted by Crippen LogP contribution is -2.56. The van der Waals surface area contributed by atoms with E-state index >= 15 is 0 Å². The summed E-state index contributed by atoms with van der Waals surface area (Å²) in [6.45, 7) is 8.49. The molecule has 10 atom stereocenters. The zero-order valence-electron chi connectivity index (χ0n) is 59.4. The van der Waals surface area contributed by atoms with Crippen molar-refractivity contribution >= 4 is 110 Å². The number of carbonyl (C=O) groups is 9. The fourth-order valence-corrected chi connectivity index (χ4v) is 17.1. The van der Waals surface area contributed by atoms with Crippen LogP contribution in [0.4, 0.5) is 5.82 Å². The number of hydrogen-bond acceptors (Lipinski definition) is 23. The molecule has 8 unspecified atom stereocenters. The second-order valence-electron chi connectivity index (χ2n) is 25.4. The Bertz CT molecular complexity index is 4140. The number of aliphatic imine (C=N–C) groups is 1. The molecule has 2 aromatic carbocycles. The molecule has 1 saturated heterocycles. The van der Waals surface area contributed by atoms with Crippen LogP contribution >= 0.6 is 45.1 Å². The molecule has 3 aromatic rings. The van der Waals surface area contributed by atoms with Gasteiger partial charge in [0.2, 0.25) is 29.5 Å². The van der Waals surface area contributed by atoms with E-state index in [0.29, 0.717) is 50.1 Å². The smallest absolute Gasteiger partial charge is 0.481 e. The number of allylic oxidation sites excluding steroid dienone is 4. The van der Waals surface area contributed by atoms with Crippen LogP contribution in [0.3, 0.4) is 0 Å². The van der Waals surface area contributed by atoms with Crippen LogP contribution in [-0.4, -0.2) is 195 Å². The SMILES string of the molecule is CCCc1cc2c(cc1C)C(c1ccccc1C(=O)N(C)CCCC(=O)NCCCCCC(=O)NC(CCCSSCCC(=O)NCC#Cc1cn([C@H]3CC(O)[C@@H](COP(=O)(O)OP(=O)(O)OP(=O)(O)O)O3)c(=O)nc1N)C(=O)NC(CC(=O)O)C(=O)NC(CC(=O)O)C(=O)O)C1C=C(C)/C(=N/CC)C=C1C2. The number of ether oxygens (including phenoxy) is 1. The van der Waals surface area contributed by atoms with Crippen molar-refractivity contribution in [2.24, 2.45) is 10.9 Å². The number of aromatic nitrogens is 2. The van der Waals surface area contributed by atoms with Gasteiger partial charge in [0.05, 0.1) is 43.4 Å². The zero-order chi connectivity index (χ0) is 78.9. The Morgan fingerprint density at radius 3 is 2.18 bits per heavy atom. The van der Waals surface area contributed by atoms with Crippen molar-refractivity contribution in [2.75, 3.05) is 57.1 Å². The number of fused-ring (bicyclic) bond motifs is 2. The number of aliphatic hydroxyl groups is 1. The molecule has 2 aliphatic carbocycles. The van der Waals surface area contributed by atoms with Crippen molar-refractivity contribution in [1.82, 2.24) is 41.0 Å². The number of rotatable bonds is 42. The molecule has 1 aromatic heterocycles. The average molecular weight is 1590 g/mol. The van der Waals surface area contributed by atoms with Gasteiger partial charge >= 0.3 is 47.1 Å². The van der Waals surface area contributed by atoms with Crippen LogP contribution in [0.5, 0.6) is 0 Å². The standard InChI is InChI=1S/C67H91N10O25P3S2/c1-6-16-41-31-43-32-44-33-50(69-7-2)40(4)30-48(44)61(47(43)29-39(41)3)45-18-10-11-19-46(45)65(88)76(5)26-14-22-55(79)70-24-12-8-9-21-57(81)72-49(63(86)73-51(34-59(82)83)64(87)74-52(66(89)90)35-60(84)85)20-15-27-106-107-28-23-56(80)71-25-13-17-42-37-77(67(91)75-62(42)68)58-36-53(78)54(100-58)38-99-104(95,96)102-105(97,98)101-103(92,93)94/h10-11,18-19,29-31,33,37,48-49,51-54,58,61,78H,6-9,12,14-16,20-28,32,34-36,38H2,1-5H3,(H,70,79)(H,71,80)(H,72,81)(H,73,86)(H,74,87)(H,82,83)(H,84,85)(H,89,90)(H,95,96)(H,97,98)(H2,68,75,91)(H2,92,93,94)/b69-50+/t48?,49?,51?,52?,53?,54-,58-,61?/m1/s1. The fraction of sp³-hybridized carbons (Fsp3) is 0.522. The second-order valence-corrected chi connectivity index (χ2v) is 32.5. The first kappa shape index (κ1) is 88.0. The molecule has 3 aliphatic rings. The lowest BCUT2D eigenvalue weighted by molar-refractivity contribution is -0.148. The quantitative estimate of drug-likeness (QED) is 0.0161. The molecule has 40 heteroatoms. The number of nitrogens with one attached hydrogen (secondary N) is 5. The monoisotopic (exact) mass is 1590 g/mol. The summed E-state index contributed by atoms with van der Waals surface area (Å²) in [5.41, 5.74) is 14.8. The third-order valence-electron chi connectivity index (χ3n) is 17.1. The Labute approximate surface area is 624 Å². The van der Waals surface area contributed by atoms with E-state index in [9.17, 15) is 91.9 Å². The minimum absolute atomic E-state index is 0.00220. The number of unbranched alkanes of at least 4 members (excludes halogenated alkanes) is 2. The van der Waals surface area contributed by atoms with Gasteiger partial charge in [-0.1, -0.05) is 95.2 Å². The summed E-state index contributed by atoms with van der Waals surface area (Å²) >= 11 is 0. The Morgan fingerprint density at radius 1 is 0.813 bits per heavy atom. The minimum atomic E-state index is -5.83. The van der Waals surface area contributed by atoms with E-state index < -0.39 is 127 Å². The second kappa shape index (κ2) is 41.6. The Morgan fingerprint density at radius 2 is 1.49 bits per heavy atom. The highest BCUT2D eigenvalue weighted by molar-refractivity contribution is 8.76. The number of phosphoric ester groups is 1. The van der Waals surface area contributed by atoms with Gasteiger partial charge in [-0.2, -0.15) is 13.6 Å².